The van der Waals surface area contributed by atoms with Crippen molar-refractivity contribution in [3.05, 3.63) is 35.6 Å². The van der Waals surface area contributed by atoms with Crippen molar-refractivity contribution in [2.75, 3.05) is 6.26 Å². The molecule has 1 saturated carbocycles. The second-order valence-electron chi connectivity index (χ2n) is 5.85. The Balaban J connectivity index is 1.85. The molecule has 0 heterocycles. The number of halogens is 1. The normalized spacial score (nSPS) is 24.7. The van der Waals surface area contributed by atoms with E-state index in [1.54, 1.807) is 12.1 Å². The lowest BCUT2D eigenvalue weighted by atomic mass is 9.91. The summed E-state index contributed by atoms with van der Waals surface area (Å²) in [4.78, 5) is 0. The van der Waals surface area contributed by atoms with Gasteiger partial charge in [-0.1, -0.05) is 18.2 Å². The molecule has 0 radical (unpaired) electrons. The van der Waals surface area contributed by atoms with E-state index in [9.17, 15) is 12.8 Å². The molecule has 0 amide bonds. The first-order valence-corrected chi connectivity index (χ1v) is 9.22. The largest absolute Gasteiger partial charge is 0.307 e. The summed E-state index contributed by atoms with van der Waals surface area (Å²) in [5.74, 6) is -0.190. The Kier molecular flexibility index (Phi) is 5.35. The SMILES string of the molecule is C[C@@H](NC1CCC(NS(C)(=O)=O)CC1)c1ccccc1F. The van der Waals surface area contributed by atoms with E-state index in [4.69, 9.17) is 0 Å². The Bertz CT molecular complexity index is 569. The van der Waals surface area contributed by atoms with Crippen LogP contribution in [0.5, 0.6) is 0 Å². The van der Waals surface area contributed by atoms with E-state index in [2.05, 4.69) is 10.0 Å². The van der Waals surface area contributed by atoms with Crippen molar-refractivity contribution in [3.8, 4) is 0 Å². The topological polar surface area (TPSA) is 58.2 Å². The quantitative estimate of drug-likeness (QED) is 0.877. The molecule has 1 fully saturated rings. The highest BCUT2D eigenvalue weighted by Gasteiger charge is 2.24. The van der Waals surface area contributed by atoms with Crippen LogP contribution in [0.25, 0.3) is 0 Å². The average molecular weight is 314 g/mol. The summed E-state index contributed by atoms with van der Waals surface area (Å²) >= 11 is 0. The monoisotopic (exact) mass is 314 g/mol. The van der Waals surface area contributed by atoms with E-state index >= 15 is 0 Å². The molecule has 1 aliphatic rings. The lowest BCUT2D eigenvalue weighted by Crippen LogP contribution is -2.42. The molecule has 1 atom stereocenters. The molecule has 1 aliphatic carbocycles. The molecule has 0 bridgehead atoms. The minimum absolute atomic E-state index is 0.0295. The highest BCUT2D eigenvalue weighted by molar-refractivity contribution is 7.88. The molecular weight excluding hydrogens is 291 g/mol. The predicted octanol–water partition coefficient (Wildman–Crippen LogP) is 2.34. The molecule has 6 heteroatoms. The number of hydrogen-bond acceptors (Lipinski definition) is 3. The fraction of sp³-hybridized carbons (Fsp3) is 0.600. The van der Waals surface area contributed by atoms with Gasteiger partial charge in [-0.2, -0.15) is 0 Å². The fourth-order valence-corrected chi connectivity index (χ4v) is 3.79. The first-order chi connectivity index (χ1) is 9.85. The number of nitrogens with one attached hydrogen (secondary N) is 2. The van der Waals surface area contributed by atoms with Gasteiger partial charge in [0, 0.05) is 23.7 Å². The molecule has 0 saturated heterocycles. The predicted molar refractivity (Wildman–Crippen MR) is 82.0 cm³/mol. The zero-order valence-electron chi connectivity index (χ0n) is 12.5. The lowest BCUT2D eigenvalue weighted by Gasteiger charge is -2.31. The van der Waals surface area contributed by atoms with Crippen LogP contribution in [0.4, 0.5) is 4.39 Å². The standard InChI is InChI=1S/C15H23FN2O2S/c1-11(14-5-3-4-6-15(14)16)17-12-7-9-13(10-8-12)18-21(2,19)20/h3-6,11-13,17-18H,7-10H2,1-2H3/t11-,12?,13?/m1/s1. The number of rotatable bonds is 5. The highest BCUT2D eigenvalue weighted by Crippen LogP contribution is 2.23. The molecule has 1 aromatic rings. The van der Waals surface area contributed by atoms with Gasteiger partial charge < -0.3 is 5.32 Å². The zero-order valence-corrected chi connectivity index (χ0v) is 13.3. The van der Waals surface area contributed by atoms with Gasteiger partial charge in [0.2, 0.25) is 10.0 Å². The van der Waals surface area contributed by atoms with Crippen molar-refractivity contribution in [1.82, 2.24) is 10.0 Å². The van der Waals surface area contributed by atoms with Crippen LogP contribution in [0.2, 0.25) is 0 Å². The van der Waals surface area contributed by atoms with Crippen LogP contribution in [-0.2, 0) is 10.0 Å². The van der Waals surface area contributed by atoms with Gasteiger partial charge in [-0.25, -0.2) is 17.5 Å². The van der Waals surface area contributed by atoms with E-state index < -0.39 is 10.0 Å². The second-order valence-corrected chi connectivity index (χ2v) is 7.63. The van der Waals surface area contributed by atoms with Gasteiger partial charge >= 0.3 is 0 Å². The third-order valence-corrected chi connectivity index (χ3v) is 4.73. The van der Waals surface area contributed by atoms with Crippen molar-refractivity contribution in [1.29, 1.82) is 0 Å². The third kappa shape index (κ3) is 5.05. The first-order valence-electron chi connectivity index (χ1n) is 7.33. The van der Waals surface area contributed by atoms with Crippen molar-refractivity contribution in [2.24, 2.45) is 0 Å². The van der Waals surface area contributed by atoms with Crippen LogP contribution in [0.3, 0.4) is 0 Å². The minimum Gasteiger partial charge on any atom is -0.307 e. The maximum Gasteiger partial charge on any atom is 0.208 e. The molecule has 118 valence electrons. The summed E-state index contributed by atoms with van der Waals surface area (Å²) in [6.45, 7) is 1.96. The third-order valence-electron chi connectivity index (χ3n) is 3.97. The van der Waals surface area contributed by atoms with Crippen LogP contribution in [-0.4, -0.2) is 26.8 Å². The van der Waals surface area contributed by atoms with E-state index in [0.29, 0.717) is 11.6 Å². The number of benzene rings is 1. The Morgan fingerprint density at radius 1 is 1.14 bits per heavy atom. The summed E-state index contributed by atoms with van der Waals surface area (Å²) in [5, 5.41) is 3.44. The summed E-state index contributed by atoms with van der Waals surface area (Å²) in [6.07, 6.45) is 4.61. The fourth-order valence-electron chi connectivity index (χ4n) is 2.95. The van der Waals surface area contributed by atoms with E-state index in [0.717, 1.165) is 25.7 Å². The van der Waals surface area contributed by atoms with Gasteiger partial charge in [0.25, 0.3) is 0 Å². The van der Waals surface area contributed by atoms with Gasteiger partial charge in [-0.3, -0.25) is 0 Å². The molecular formula is C15H23FN2O2S. The number of sulfonamides is 1. The Labute approximate surface area is 126 Å². The molecule has 2 N–H and O–H groups in total. The van der Waals surface area contributed by atoms with Crippen molar-refractivity contribution in [3.63, 3.8) is 0 Å². The summed E-state index contributed by atoms with van der Waals surface area (Å²) in [5.41, 5.74) is 0.675. The molecule has 21 heavy (non-hydrogen) atoms. The van der Waals surface area contributed by atoms with Crippen molar-refractivity contribution in [2.45, 2.75) is 50.7 Å². The Morgan fingerprint density at radius 3 is 2.29 bits per heavy atom. The maximum atomic E-state index is 13.7. The summed E-state index contributed by atoms with van der Waals surface area (Å²) in [6, 6.07) is 7.08. The van der Waals surface area contributed by atoms with Crippen molar-refractivity contribution < 1.29 is 12.8 Å². The maximum absolute atomic E-state index is 13.7. The molecule has 0 spiro atoms. The summed E-state index contributed by atoms with van der Waals surface area (Å²) in [7, 11) is -3.13. The van der Waals surface area contributed by atoms with Crippen molar-refractivity contribution >= 4 is 10.0 Å². The number of hydrogen-bond donors (Lipinski definition) is 2. The molecule has 0 unspecified atom stereocenters. The summed E-state index contributed by atoms with van der Waals surface area (Å²) < 4.78 is 38.8. The van der Waals surface area contributed by atoms with Gasteiger partial charge in [0.05, 0.1) is 6.26 Å². The lowest BCUT2D eigenvalue weighted by molar-refractivity contribution is 0.309. The average Bonchev–Trinajstić information content (AvgIpc) is 2.40. The first kappa shape index (κ1) is 16.4. The Hall–Kier alpha value is -0.980. The van der Waals surface area contributed by atoms with Gasteiger partial charge in [0.1, 0.15) is 5.82 Å². The highest BCUT2D eigenvalue weighted by atomic mass is 32.2. The van der Waals surface area contributed by atoms with Crippen LogP contribution in [0.15, 0.2) is 24.3 Å². The van der Waals surface area contributed by atoms with Gasteiger partial charge in [-0.15, -0.1) is 0 Å². The molecule has 0 aliphatic heterocycles. The van der Waals surface area contributed by atoms with E-state index in [1.165, 1.54) is 12.3 Å². The molecule has 1 aromatic carbocycles. The smallest absolute Gasteiger partial charge is 0.208 e. The van der Waals surface area contributed by atoms with E-state index in [-0.39, 0.29) is 17.9 Å². The van der Waals surface area contributed by atoms with Crippen LogP contribution in [0.1, 0.15) is 44.2 Å². The molecule has 2 rings (SSSR count). The van der Waals surface area contributed by atoms with Crippen LogP contribution >= 0.6 is 0 Å². The molecule has 4 nitrogen and oxygen atoms in total. The van der Waals surface area contributed by atoms with Gasteiger partial charge in [-0.05, 0) is 38.7 Å². The van der Waals surface area contributed by atoms with E-state index in [1.807, 2.05) is 13.0 Å². The second kappa shape index (κ2) is 6.85. The van der Waals surface area contributed by atoms with Crippen LogP contribution < -0.4 is 10.0 Å². The zero-order chi connectivity index (χ0) is 15.5. The van der Waals surface area contributed by atoms with Crippen LogP contribution in [0, 0.1) is 5.82 Å². The van der Waals surface area contributed by atoms with Gasteiger partial charge in [0.15, 0.2) is 0 Å². The molecule has 0 aromatic heterocycles. The minimum atomic E-state index is -3.13. The Morgan fingerprint density at radius 2 is 1.71 bits per heavy atom.